The topological polar surface area (TPSA) is 77.5 Å². The quantitative estimate of drug-likeness (QED) is 0.437. The summed E-state index contributed by atoms with van der Waals surface area (Å²) < 4.78 is 10.6. The molecule has 0 aliphatic carbocycles. The summed E-state index contributed by atoms with van der Waals surface area (Å²) >= 11 is 1.58. The van der Waals surface area contributed by atoms with E-state index < -0.39 is 17.9 Å². The molecule has 6 nitrogen and oxygen atoms in total. The van der Waals surface area contributed by atoms with Crippen molar-refractivity contribution in [1.29, 1.82) is 0 Å². The van der Waals surface area contributed by atoms with Crippen LogP contribution in [0, 0.1) is 6.92 Å². The number of methoxy groups -OCH3 is 1. The molecule has 2 aromatic carbocycles. The number of aromatic nitrogens is 1. The first-order valence-corrected chi connectivity index (χ1v) is 10.2. The normalized spacial score (nSPS) is 11.8. The molecular weight excluding hydrogens is 400 g/mol. The van der Waals surface area contributed by atoms with Crippen LogP contribution in [0.2, 0.25) is 0 Å². The molecule has 30 heavy (non-hydrogen) atoms. The summed E-state index contributed by atoms with van der Waals surface area (Å²) in [7, 11) is 1.29. The maximum absolute atomic E-state index is 12.4. The first kappa shape index (κ1) is 21.3. The molecule has 0 saturated carbocycles. The van der Waals surface area contributed by atoms with Crippen LogP contribution in [-0.4, -0.2) is 24.0 Å². The number of nitrogens with zero attached hydrogens (tertiary/aromatic N) is 1. The highest BCUT2D eigenvalue weighted by atomic mass is 32.1. The van der Waals surface area contributed by atoms with Gasteiger partial charge in [0, 0.05) is 11.5 Å². The van der Waals surface area contributed by atoms with Crippen molar-refractivity contribution in [2.75, 3.05) is 7.11 Å². The van der Waals surface area contributed by atoms with Crippen LogP contribution in [0.3, 0.4) is 0 Å². The number of thiazole rings is 1. The fraction of sp³-hybridized carbons (Fsp3) is 0.174. The Morgan fingerprint density at radius 3 is 2.67 bits per heavy atom. The van der Waals surface area contributed by atoms with Crippen LogP contribution in [-0.2, 0) is 20.9 Å². The van der Waals surface area contributed by atoms with Gasteiger partial charge in [-0.05, 0) is 36.3 Å². The Morgan fingerprint density at radius 1 is 1.17 bits per heavy atom. The summed E-state index contributed by atoms with van der Waals surface area (Å²) in [5.74, 6) is -0.255. The van der Waals surface area contributed by atoms with Gasteiger partial charge in [0.1, 0.15) is 12.4 Å². The monoisotopic (exact) mass is 422 g/mol. The van der Waals surface area contributed by atoms with Gasteiger partial charge >= 0.3 is 5.97 Å². The van der Waals surface area contributed by atoms with Crippen LogP contribution in [0.25, 0.3) is 6.08 Å². The Bertz CT molecular complexity index is 1030. The van der Waals surface area contributed by atoms with E-state index in [-0.39, 0.29) is 0 Å². The van der Waals surface area contributed by atoms with E-state index in [1.807, 2.05) is 42.6 Å². The first-order valence-electron chi connectivity index (χ1n) is 9.30. The van der Waals surface area contributed by atoms with Gasteiger partial charge in [0.2, 0.25) is 5.91 Å². The number of aryl methyl sites for hydroxylation is 1. The van der Waals surface area contributed by atoms with Gasteiger partial charge in [0.15, 0.2) is 6.04 Å². The summed E-state index contributed by atoms with van der Waals surface area (Å²) in [6, 6.07) is 15.5. The van der Waals surface area contributed by atoms with Crippen LogP contribution in [0.5, 0.6) is 5.75 Å². The molecule has 0 spiro atoms. The summed E-state index contributed by atoms with van der Waals surface area (Å²) in [6.45, 7) is 2.34. The molecule has 0 bridgehead atoms. The number of ether oxygens (including phenoxy) is 2. The number of benzene rings is 2. The smallest absolute Gasteiger partial charge is 0.333 e. The van der Waals surface area contributed by atoms with Crippen LogP contribution < -0.4 is 10.1 Å². The van der Waals surface area contributed by atoms with Crippen molar-refractivity contribution in [2.24, 2.45) is 0 Å². The first-order chi connectivity index (χ1) is 14.5. The van der Waals surface area contributed by atoms with Gasteiger partial charge in [-0.2, -0.15) is 0 Å². The lowest BCUT2D eigenvalue weighted by Crippen LogP contribution is -2.33. The molecule has 3 rings (SSSR count). The minimum absolute atomic E-state index is 0.385. The lowest BCUT2D eigenvalue weighted by molar-refractivity contribution is -0.144. The zero-order valence-electron chi connectivity index (χ0n) is 16.7. The van der Waals surface area contributed by atoms with Gasteiger partial charge in [-0.25, -0.2) is 9.78 Å². The summed E-state index contributed by atoms with van der Waals surface area (Å²) in [4.78, 5) is 28.8. The van der Waals surface area contributed by atoms with Gasteiger partial charge in [-0.1, -0.05) is 42.5 Å². The summed E-state index contributed by atoms with van der Waals surface area (Å²) in [5.41, 5.74) is 2.33. The Labute approximate surface area is 179 Å². The van der Waals surface area contributed by atoms with Crippen LogP contribution in [0.4, 0.5) is 0 Å². The third kappa shape index (κ3) is 6.02. The number of carbonyl (C=O) groups excluding carboxylic acids is 2. The second-order valence-corrected chi connectivity index (χ2v) is 7.49. The molecular formula is C23H22N2O4S. The van der Waals surface area contributed by atoms with E-state index in [0.717, 1.165) is 16.3 Å². The molecule has 154 valence electrons. The average molecular weight is 423 g/mol. The zero-order valence-corrected chi connectivity index (χ0v) is 17.5. The third-order valence-electron chi connectivity index (χ3n) is 4.19. The summed E-state index contributed by atoms with van der Waals surface area (Å²) in [6.07, 6.45) is 3.04. The van der Waals surface area contributed by atoms with E-state index in [9.17, 15) is 9.59 Å². The number of hydrogen-bond donors (Lipinski definition) is 1. The molecule has 7 heteroatoms. The maximum atomic E-state index is 12.4. The molecule has 0 fully saturated rings. The minimum Gasteiger partial charge on any atom is -0.487 e. The van der Waals surface area contributed by atoms with Gasteiger partial charge in [-0.3, -0.25) is 4.79 Å². The van der Waals surface area contributed by atoms with Crippen molar-refractivity contribution in [3.8, 4) is 5.75 Å². The highest BCUT2D eigenvalue weighted by Crippen LogP contribution is 2.18. The molecule has 1 unspecified atom stereocenters. The Kier molecular flexibility index (Phi) is 7.34. The number of rotatable bonds is 8. The van der Waals surface area contributed by atoms with Gasteiger partial charge in [0.05, 0.1) is 17.8 Å². The number of amides is 1. The number of hydrogen-bond acceptors (Lipinski definition) is 6. The van der Waals surface area contributed by atoms with E-state index in [2.05, 4.69) is 10.3 Å². The van der Waals surface area contributed by atoms with E-state index >= 15 is 0 Å². The van der Waals surface area contributed by atoms with Crippen LogP contribution in [0.1, 0.15) is 27.9 Å². The van der Waals surface area contributed by atoms with E-state index in [4.69, 9.17) is 9.47 Å². The van der Waals surface area contributed by atoms with Crippen LogP contribution in [0.15, 0.2) is 66.1 Å². The second-order valence-electron chi connectivity index (χ2n) is 6.43. The summed E-state index contributed by atoms with van der Waals surface area (Å²) in [5, 5.41) is 5.64. The van der Waals surface area contributed by atoms with Crippen molar-refractivity contribution >= 4 is 29.3 Å². The molecule has 0 saturated heterocycles. The SMILES string of the molecule is COC(=O)C(NC(=O)C=Cc1cccc(OCc2csc(C)n2)c1)c1ccccc1. The van der Waals surface area contributed by atoms with Gasteiger partial charge in [-0.15, -0.1) is 11.3 Å². The van der Waals surface area contributed by atoms with Gasteiger partial charge < -0.3 is 14.8 Å². The standard InChI is InChI=1S/C23H22N2O4S/c1-16-24-19(15-30-16)14-29-20-10-6-7-17(13-20)11-12-21(26)25-22(23(27)28-2)18-8-4-3-5-9-18/h3-13,15,22H,14H2,1-2H3,(H,25,26). The fourth-order valence-corrected chi connectivity index (χ4v) is 3.34. The van der Waals surface area contributed by atoms with Crippen molar-refractivity contribution in [3.05, 3.63) is 87.9 Å². The van der Waals surface area contributed by atoms with Gasteiger partial charge in [0.25, 0.3) is 0 Å². The highest BCUT2D eigenvalue weighted by molar-refractivity contribution is 7.09. The van der Waals surface area contributed by atoms with E-state index in [1.54, 1.807) is 41.7 Å². The Balaban J connectivity index is 1.62. The van der Waals surface area contributed by atoms with Crippen LogP contribution >= 0.6 is 11.3 Å². The lowest BCUT2D eigenvalue weighted by atomic mass is 10.1. The second kappa shape index (κ2) is 10.4. The Morgan fingerprint density at radius 2 is 1.97 bits per heavy atom. The predicted molar refractivity (Wildman–Crippen MR) is 116 cm³/mol. The molecule has 1 N–H and O–H groups in total. The highest BCUT2D eigenvalue weighted by Gasteiger charge is 2.22. The number of esters is 1. The van der Waals surface area contributed by atoms with E-state index in [0.29, 0.717) is 17.9 Å². The largest absolute Gasteiger partial charge is 0.487 e. The molecule has 1 aromatic heterocycles. The molecule has 0 aliphatic rings. The average Bonchev–Trinajstić information content (AvgIpc) is 3.20. The van der Waals surface area contributed by atoms with Crippen molar-refractivity contribution < 1.29 is 19.1 Å². The maximum Gasteiger partial charge on any atom is 0.333 e. The number of nitrogens with one attached hydrogen (secondary N) is 1. The molecule has 3 aromatic rings. The Hall–Kier alpha value is -3.45. The predicted octanol–water partition coefficient (Wildman–Crippen LogP) is 4.07. The van der Waals surface area contributed by atoms with E-state index in [1.165, 1.54) is 13.2 Å². The molecule has 1 atom stereocenters. The fourth-order valence-electron chi connectivity index (χ4n) is 2.74. The number of carbonyl (C=O) groups is 2. The minimum atomic E-state index is -0.871. The zero-order chi connectivity index (χ0) is 21.3. The third-order valence-corrected chi connectivity index (χ3v) is 5.02. The molecule has 1 amide bonds. The molecule has 1 heterocycles. The van der Waals surface area contributed by atoms with Crippen molar-refractivity contribution in [1.82, 2.24) is 10.3 Å². The molecule has 0 radical (unpaired) electrons. The van der Waals surface area contributed by atoms with Crippen molar-refractivity contribution in [3.63, 3.8) is 0 Å². The lowest BCUT2D eigenvalue weighted by Gasteiger charge is -2.15. The van der Waals surface area contributed by atoms with Crippen molar-refractivity contribution in [2.45, 2.75) is 19.6 Å². The molecule has 0 aliphatic heterocycles.